The van der Waals surface area contributed by atoms with Gasteiger partial charge in [0.1, 0.15) is 5.60 Å². The fourth-order valence-corrected chi connectivity index (χ4v) is 3.75. The number of anilines is 1. The zero-order valence-electron chi connectivity index (χ0n) is 19.7. The van der Waals surface area contributed by atoms with Gasteiger partial charge in [0.25, 0.3) is 0 Å². The van der Waals surface area contributed by atoms with Gasteiger partial charge in [-0.15, -0.1) is 10.2 Å². The highest BCUT2D eigenvalue weighted by atomic mass is 32.2. The van der Waals surface area contributed by atoms with Crippen LogP contribution in [0.25, 0.3) is 11.4 Å². The van der Waals surface area contributed by atoms with Crippen LogP contribution < -0.4 is 5.32 Å². The third kappa shape index (κ3) is 6.41. The first-order valence-electron chi connectivity index (χ1n) is 10.7. The van der Waals surface area contributed by atoms with Crippen LogP contribution in [-0.2, 0) is 9.53 Å². The molecule has 3 aromatic rings. The van der Waals surface area contributed by atoms with Gasteiger partial charge in [-0.05, 0) is 63.4 Å². The second kappa shape index (κ2) is 10.2. The molecule has 1 aromatic carbocycles. The Labute approximate surface area is 198 Å². The summed E-state index contributed by atoms with van der Waals surface area (Å²) < 4.78 is 6.87. The number of nitrogens with one attached hydrogen (secondary N) is 1. The zero-order valence-corrected chi connectivity index (χ0v) is 20.5. The number of pyridine rings is 1. The van der Waals surface area contributed by atoms with E-state index in [2.05, 4.69) is 34.3 Å². The highest BCUT2D eigenvalue weighted by Crippen LogP contribution is 2.28. The van der Waals surface area contributed by atoms with Crippen LogP contribution in [0, 0.1) is 0 Å². The molecule has 2 aromatic heterocycles. The number of carbonyl (C=O) groups is 2. The van der Waals surface area contributed by atoms with Gasteiger partial charge in [-0.25, -0.2) is 9.36 Å². The quantitative estimate of drug-likeness (QED) is 0.487. The molecule has 0 aliphatic carbocycles. The standard InChI is InChI=1S/C24H29N5O3S/c1-15(2)17-7-9-19(10-8-17)26-21(30)16(3)33-22-28-27-20(18-11-13-25-14-12-18)29(22)23(31)32-24(4,5)6/h7-16H,1-6H3,(H,26,30). The van der Waals surface area contributed by atoms with Crippen molar-refractivity contribution in [2.45, 2.75) is 63.5 Å². The molecule has 0 spiro atoms. The molecule has 0 saturated carbocycles. The Morgan fingerprint density at radius 1 is 1.00 bits per heavy atom. The number of rotatable bonds is 6. The van der Waals surface area contributed by atoms with E-state index in [1.807, 2.05) is 24.3 Å². The van der Waals surface area contributed by atoms with Crippen molar-refractivity contribution in [1.82, 2.24) is 19.7 Å². The molecule has 0 fully saturated rings. The molecule has 1 unspecified atom stereocenters. The Morgan fingerprint density at radius 3 is 2.21 bits per heavy atom. The van der Waals surface area contributed by atoms with Crippen LogP contribution in [0.15, 0.2) is 53.9 Å². The molecular weight excluding hydrogens is 438 g/mol. The molecule has 1 N–H and O–H groups in total. The topological polar surface area (TPSA) is 99.0 Å². The molecule has 9 heteroatoms. The maximum Gasteiger partial charge on any atom is 0.422 e. The molecule has 174 valence electrons. The van der Waals surface area contributed by atoms with Crippen LogP contribution in [0.2, 0.25) is 0 Å². The van der Waals surface area contributed by atoms with E-state index in [1.165, 1.54) is 10.1 Å². The van der Waals surface area contributed by atoms with Gasteiger partial charge in [0.05, 0.1) is 5.25 Å². The molecule has 0 aliphatic rings. The monoisotopic (exact) mass is 467 g/mol. The smallest absolute Gasteiger partial charge is 0.422 e. The summed E-state index contributed by atoms with van der Waals surface area (Å²) >= 11 is 1.14. The average molecular weight is 468 g/mol. The van der Waals surface area contributed by atoms with Crippen molar-refractivity contribution in [2.24, 2.45) is 0 Å². The van der Waals surface area contributed by atoms with Crippen molar-refractivity contribution < 1.29 is 14.3 Å². The molecule has 0 saturated heterocycles. The van der Waals surface area contributed by atoms with Crippen molar-refractivity contribution in [2.75, 3.05) is 5.32 Å². The summed E-state index contributed by atoms with van der Waals surface area (Å²) in [6, 6.07) is 11.2. The average Bonchev–Trinajstić information content (AvgIpc) is 3.17. The minimum absolute atomic E-state index is 0.207. The van der Waals surface area contributed by atoms with E-state index in [4.69, 9.17) is 4.74 Å². The first-order valence-corrected chi connectivity index (χ1v) is 11.6. The van der Waals surface area contributed by atoms with Gasteiger partial charge in [-0.3, -0.25) is 9.78 Å². The minimum atomic E-state index is -0.704. The van der Waals surface area contributed by atoms with E-state index >= 15 is 0 Å². The maximum atomic E-state index is 13.0. The summed E-state index contributed by atoms with van der Waals surface area (Å²) in [6.45, 7) is 11.3. The number of carbonyl (C=O) groups excluding carboxylic acids is 2. The SMILES string of the molecule is CC(Sc1nnc(-c2ccncc2)n1C(=O)OC(C)(C)C)C(=O)Nc1ccc(C(C)C)cc1. The van der Waals surface area contributed by atoms with Crippen LogP contribution >= 0.6 is 11.8 Å². The fraction of sp³-hybridized carbons (Fsp3) is 0.375. The second-order valence-electron chi connectivity index (χ2n) is 8.88. The number of aromatic nitrogens is 4. The van der Waals surface area contributed by atoms with Crippen LogP contribution in [0.1, 0.15) is 53.0 Å². The van der Waals surface area contributed by atoms with Crippen molar-refractivity contribution >= 4 is 29.4 Å². The Balaban J connectivity index is 1.82. The molecule has 0 bridgehead atoms. The minimum Gasteiger partial charge on any atom is -0.443 e. The summed E-state index contributed by atoms with van der Waals surface area (Å²) in [5, 5.41) is 11.0. The highest BCUT2D eigenvalue weighted by Gasteiger charge is 2.28. The van der Waals surface area contributed by atoms with Crippen LogP contribution in [0.4, 0.5) is 10.5 Å². The van der Waals surface area contributed by atoms with Crippen molar-refractivity contribution in [1.29, 1.82) is 0 Å². The van der Waals surface area contributed by atoms with Gasteiger partial charge in [-0.1, -0.05) is 37.7 Å². The largest absolute Gasteiger partial charge is 0.443 e. The van der Waals surface area contributed by atoms with Crippen molar-refractivity contribution in [3.05, 3.63) is 54.4 Å². The number of benzene rings is 1. The van der Waals surface area contributed by atoms with E-state index in [-0.39, 0.29) is 11.1 Å². The highest BCUT2D eigenvalue weighted by molar-refractivity contribution is 8.00. The summed E-state index contributed by atoms with van der Waals surface area (Å²) in [6.07, 6.45) is 2.60. The molecule has 8 nitrogen and oxygen atoms in total. The van der Waals surface area contributed by atoms with Crippen LogP contribution in [0.5, 0.6) is 0 Å². The fourth-order valence-electron chi connectivity index (χ4n) is 2.91. The lowest BCUT2D eigenvalue weighted by molar-refractivity contribution is -0.115. The summed E-state index contributed by atoms with van der Waals surface area (Å²) in [4.78, 5) is 29.8. The molecule has 33 heavy (non-hydrogen) atoms. The van der Waals surface area contributed by atoms with Gasteiger partial charge in [0.15, 0.2) is 5.82 Å². The molecule has 0 aliphatic heterocycles. The van der Waals surface area contributed by atoms with Crippen molar-refractivity contribution in [3.63, 3.8) is 0 Å². The predicted molar refractivity (Wildman–Crippen MR) is 129 cm³/mol. The van der Waals surface area contributed by atoms with Gasteiger partial charge in [0.2, 0.25) is 11.1 Å². The Morgan fingerprint density at radius 2 is 1.64 bits per heavy atom. The molecule has 3 rings (SSSR count). The lowest BCUT2D eigenvalue weighted by Crippen LogP contribution is -2.29. The lowest BCUT2D eigenvalue weighted by Gasteiger charge is -2.21. The van der Waals surface area contributed by atoms with Crippen molar-refractivity contribution in [3.8, 4) is 11.4 Å². The van der Waals surface area contributed by atoms with Gasteiger partial charge in [-0.2, -0.15) is 0 Å². The zero-order chi connectivity index (χ0) is 24.2. The Hall–Kier alpha value is -3.20. The van der Waals surface area contributed by atoms with E-state index in [1.54, 1.807) is 52.2 Å². The Kier molecular flexibility index (Phi) is 7.53. The van der Waals surface area contributed by atoms with E-state index < -0.39 is 16.9 Å². The number of hydrogen-bond acceptors (Lipinski definition) is 7. The third-order valence-corrected chi connectivity index (χ3v) is 5.69. The van der Waals surface area contributed by atoms with Gasteiger partial charge in [0, 0.05) is 23.6 Å². The maximum absolute atomic E-state index is 13.0. The van der Waals surface area contributed by atoms with Gasteiger partial charge >= 0.3 is 6.09 Å². The van der Waals surface area contributed by atoms with Crippen LogP contribution in [-0.4, -0.2) is 42.6 Å². The molecule has 0 radical (unpaired) electrons. The first kappa shape index (κ1) is 24.4. The van der Waals surface area contributed by atoms with Gasteiger partial charge < -0.3 is 10.1 Å². The van der Waals surface area contributed by atoms with E-state index in [9.17, 15) is 9.59 Å². The normalized spacial score (nSPS) is 12.5. The summed E-state index contributed by atoms with van der Waals surface area (Å²) in [5.41, 5.74) is 1.87. The number of hydrogen-bond donors (Lipinski definition) is 1. The molecular formula is C24H29N5O3S. The summed E-state index contributed by atoms with van der Waals surface area (Å²) in [7, 11) is 0. The Bertz CT molecular complexity index is 1110. The van der Waals surface area contributed by atoms with E-state index in [0.29, 0.717) is 23.0 Å². The number of nitrogens with zero attached hydrogens (tertiary/aromatic N) is 4. The number of ether oxygens (including phenoxy) is 1. The molecule has 1 amide bonds. The number of thioether (sulfide) groups is 1. The number of amides is 1. The second-order valence-corrected chi connectivity index (χ2v) is 10.2. The first-order chi connectivity index (χ1) is 15.5. The molecule has 2 heterocycles. The summed E-state index contributed by atoms with van der Waals surface area (Å²) in [5.74, 6) is 0.533. The lowest BCUT2D eigenvalue weighted by atomic mass is 10.0. The molecule has 1 atom stereocenters. The third-order valence-electron chi connectivity index (χ3n) is 4.64. The predicted octanol–water partition coefficient (Wildman–Crippen LogP) is 5.37. The van der Waals surface area contributed by atoms with Crippen LogP contribution in [0.3, 0.4) is 0 Å². The van der Waals surface area contributed by atoms with E-state index in [0.717, 1.165) is 11.8 Å².